The third-order valence-electron chi connectivity index (χ3n) is 5.60. The molecule has 31 heavy (non-hydrogen) atoms. The zero-order chi connectivity index (χ0) is 21.5. The lowest BCUT2D eigenvalue weighted by Crippen LogP contribution is -2.36. The van der Waals surface area contributed by atoms with Crippen LogP contribution in [0.2, 0.25) is 0 Å². The molecular weight excluding hydrogens is 384 g/mol. The summed E-state index contributed by atoms with van der Waals surface area (Å²) in [5.74, 6) is -0.00154. The van der Waals surface area contributed by atoms with Crippen LogP contribution in [0.1, 0.15) is 12.0 Å². The summed E-state index contributed by atoms with van der Waals surface area (Å²) in [6.45, 7) is 3.72. The largest absolute Gasteiger partial charge is 0.369 e. The van der Waals surface area contributed by atoms with E-state index < -0.39 is 0 Å². The minimum Gasteiger partial charge on any atom is -0.369 e. The molecule has 1 N–H and O–H groups in total. The Morgan fingerprint density at radius 3 is 2.32 bits per heavy atom. The maximum absolute atomic E-state index is 12.6. The molecule has 0 spiro atoms. The second-order valence-corrected chi connectivity index (χ2v) is 7.74. The monoisotopic (exact) mass is 410 g/mol. The van der Waals surface area contributed by atoms with Gasteiger partial charge in [0.05, 0.1) is 17.8 Å². The van der Waals surface area contributed by atoms with E-state index in [0.717, 1.165) is 55.1 Å². The van der Waals surface area contributed by atoms with Crippen LogP contribution in [0.5, 0.6) is 0 Å². The van der Waals surface area contributed by atoms with Crippen LogP contribution in [0.4, 0.5) is 11.4 Å². The lowest BCUT2D eigenvalue weighted by atomic mass is 10.1. The van der Waals surface area contributed by atoms with Crippen LogP contribution in [0, 0.1) is 11.3 Å². The van der Waals surface area contributed by atoms with E-state index in [0.29, 0.717) is 12.1 Å². The molecule has 0 aliphatic carbocycles. The first-order chi connectivity index (χ1) is 15.2. The second kappa shape index (κ2) is 9.92. The van der Waals surface area contributed by atoms with Crippen LogP contribution in [-0.2, 0) is 4.79 Å². The zero-order valence-corrected chi connectivity index (χ0v) is 17.5. The Bertz CT molecular complexity index is 1060. The highest BCUT2D eigenvalue weighted by Crippen LogP contribution is 2.22. The molecule has 5 nitrogen and oxygen atoms in total. The molecule has 156 valence electrons. The van der Waals surface area contributed by atoms with E-state index in [1.165, 1.54) is 0 Å². The molecule has 0 saturated carbocycles. The molecule has 5 heteroatoms. The number of nitrogens with zero attached hydrogens (tertiary/aromatic N) is 3. The van der Waals surface area contributed by atoms with Gasteiger partial charge in [-0.25, -0.2) is 0 Å². The number of benzene rings is 3. The summed E-state index contributed by atoms with van der Waals surface area (Å²) < 4.78 is 0. The minimum atomic E-state index is -0.00154. The topological polar surface area (TPSA) is 59.4 Å². The number of nitrogens with one attached hydrogen (secondary N) is 1. The van der Waals surface area contributed by atoms with E-state index in [4.69, 9.17) is 0 Å². The van der Waals surface area contributed by atoms with Crippen molar-refractivity contribution in [1.29, 1.82) is 5.26 Å². The number of amides is 1. The fourth-order valence-corrected chi connectivity index (χ4v) is 3.99. The van der Waals surface area contributed by atoms with Crippen molar-refractivity contribution in [1.82, 2.24) is 4.90 Å². The third kappa shape index (κ3) is 5.30. The number of rotatable bonds is 5. The average molecular weight is 411 g/mol. The van der Waals surface area contributed by atoms with Gasteiger partial charge in [0.2, 0.25) is 5.91 Å². The van der Waals surface area contributed by atoms with Crippen molar-refractivity contribution in [2.45, 2.75) is 6.42 Å². The first-order valence-electron chi connectivity index (χ1n) is 10.6. The Hall–Kier alpha value is -3.62. The summed E-state index contributed by atoms with van der Waals surface area (Å²) in [5, 5.41) is 12.4. The maximum Gasteiger partial charge on any atom is 0.238 e. The highest BCUT2D eigenvalue weighted by molar-refractivity contribution is 5.92. The Balaban J connectivity index is 1.31. The van der Waals surface area contributed by atoms with Gasteiger partial charge >= 0.3 is 0 Å². The number of hydrogen-bond donors (Lipinski definition) is 1. The van der Waals surface area contributed by atoms with Crippen LogP contribution in [0.15, 0.2) is 78.9 Å². The number of nitriles is 1. The number of carbonyl (C=O) groups is 1. The van der Waals surface area contributed by atoms with E-state index in [1.807, 2.05) is 66.7 Å². The number of carbonyl (C=O) groups excluding carboxylic acids is 1. The van der Waals surface area contributed by atoms with E-state index in [-0.39, 0.29) is 5.91 Å². The van der Waals surface area contributed by atoms with Crippen molar-refractivity contribution < 1.29 is 4.79 Å². The van der Waals surface area contributed by atoms with Gasteiger partial charge in [-0.3, -0.25) is 9.69 Å². The molecule has 1 aliphatic heterocycles. The molecule has 4 rings (SSSR count). The molecule has 1 saturated heterocycles. The molecule has 1 fully saturated rings. The van der Waals surface area contributed by atoms with Gasteiger partial charge in [0.1, 0.15) is 6.07 Å². The Morgan fingerprint density at radius 1 is 0.839 bits per heavy atom. The molecule has 1 amide bonds. The van der Waals surface area contributed by atoms with Gasteiger partial charge in [-0.15, -0.1) is 0 Å². The number of anilines is 2. The van der Waals surface area contributed by atoms with Gasteiger partial charge in [0.15, 0.2) is 0 Å². The Labute approximate surface area is 183 Å². The summed E-state index contributed by atoms with van der Waals surface area (Å²) in [4.78, 5) is 17.0. The molecule has 0 atom stereocenters. The Morgan fingerprint density at radius 2 is 1.55 bits per heavy atom. The molecule has 1 aliphatic rings. The highest BCUT2D eigenvalue weighted by atomic mass is 16.2. The molecule has 3 aromatic carbocycles. The van der Waals surface area contributed by atoms with Crippen LogP contribution < -0.4 is 10.2 Å². The highest BCUT2D eigenvalue weighted by Gasteiger charge is 2.19. The smallest absolute Gasteiger partial charge is 0.238 e. The van der Waals surface area contributed by atoms with Crippen molar-refractivity contribution in [3.8, 4) is 17.2 Å². The lowest BCUT2D eigenvalue weighted by Gasteiger charge is -2.24. The predicted octanol–water partition coefficient (Wildman–Crippen LogP) is 4.38. The van der Waals surface area contributed by atoms with Gasteiger partial charge in [0.25, 0.3) is 0 Å². The zero-order valence-electron chi connectivity index (χ0n) is 17.5. The van der Waals surface area contributed by atoms with Crippen molar-refractivity contribution in [3.05, 3.63) is 84.4 Å². The summed E-state index contributed by atoms with van der Waals surface area (Å²) in [6, 6.07) is 28.1. The molecular formula is C26H26N4O. The summed E-state index contributed by atoms with van der Waals surface area (Å²) in [5.41, 5.74) is 4.78. The average Bonchev–Trinajstić information content (AvgIpc) is 3.05. The van der Waals surface area contributed by atoms with Crippen LogP contribution in [0.3, 0.4) is 0 Å². The molecule has 3 aromatic rings. The van der Waals surface area contributed by atoms with Crippen LogP contribution >= 0.6 is 0 Å². The SMILES string of the molecule is N#Cc1ccccc1N1CCCN(CC(=O)Nc2ccc(-c3ccccc3)cc2)CC1. The fraction of sp³-hybridized carbons (Fsp3) is 0.231. The quantitative estimate of drug-likeness (QED) is 0.678. The summed E-state index contributed by atoms with van der Waals surface area (Å²) in [6.07, 6.45) is 0.957. The van der Waals surface area contributed by atoms with E-state index in [2.05, 4.69) is 33.3 Å². The normalized spacial score (nSPS) is 14.5. The number of para-hydroxylation sites is 1. The van der Waals surface area contributed by atoms with Crippen molar-refractivity contribution in [3.63, 3.8) is 0 Å². The minimum absolute atomic E-state index is 0.00154. The van der Waals surface area contributed by atoms with Gasteiger partial charge in [0, 0.05) is 31.9 Å². The van der Waals surface area contributed by atoms with E-state index in [1.54, 1.807) is 0 Å². The fourth-order valence-electron chi connectivity index (χ4n) is 3.99. The lowest BCUT2D eigenvalue weighted by molar-refractivity contribution is -0.117. The second-order valence-electron chi connectivity index (χ2n) is 7.74. The number of hydrogen-bond acceptors (Lipinski definition) is 4. The van der Waals surface area contributed by atoms with E-state index >= 15 is 0 Å². The first kappa shape index (κ1) is 20.6. The van der Waals surface area contributed by atoms with Gasteiger partial charge in [-0.05, 0) is 41.8 Å². The standard InChI is InChI=1S/C26H26N4O/c27-19-23-9-4-5-10-25(23)30-16-6-15-29(17-18-30)20-26(31)28-24-13-11-22(12-14-24)21-7-2-1-3-8-21/h1-5,7-14H,6,15-18,20H2,(H,28,31). The summed E-state index contributed by atoms with van der Waals surface area (Å²) in [7, 11) is 0. The van der Waals surface area contributed by atoms with Crippen LogP contribution in [-0.4, -0.2) is 43.5 Å². The first-order valence-corrected chi connectivity index (χ1v) is 10.6. The molecule has 0 aromatic heterocycles. The maximum atomic E-state index is 12.6. The van der Waals surface area contributed by atoms with Crippen molar-refractivity contribution in [2.75, 3.05) is 42.9 Å². The van der Waals surface area contributed by atoms with Crippen molar-refractivity contribution in [2.24, 2.45) is 0 Å². The summed E-state index contributed by atoms with van der Waals surface area (Å²) >= 11 is 0. The molecule has 1 heterocycles. The van der Waals surface area contributed by atoms with E-state index in [9.17, 15) is 10.1 Å². The Kier molecular flexibility index (Phi) is 6.61. The van der Waals surface area contributed by atoms with Crippen molar-refractivity contribution >= 4 is 17.3 Å². The predicted molar refractivity (Wildman–Crippen MR) is 125 cm³/mol. The third-order valence-corrected chi connectivity index (χ3v) is 5.60. The molecule has 0 unspecified atom stereocenters. The van der Waals surface area contributed by atoms with Gasteiger partial charge in [-0.1, -0.05) is 54.6 Å². The van der Waals surface area contributed by atoms with Gasteiger partial charge < -0.3 is 10.2 Å². The van der Waals surface area contributed by atoms with Crippen LogP contribution in [0.25, 0.3) is 11.1 Å². The molecule has 0 bridgehead atoms. The molecule has 0 radical (unpaired) electrons. The van der Waals surface area contributed by atoms with Gasteiger partial charge in [-0.2, -0.15) is 5.26 Å².